The van der Waals surface area contributed by atoms with Gasteiger partial charge in [0.05, 0.1) is 15.5 Å². The summed E-state index contributed by atoms with van der Waals surface area (Å²) in [5.74, 6) is 0. The molecule has 1 heterocycles. The Kier molecular flexibility index (Phi) is 3.90. The zero-order valence-electron chi connectivity index (χ0n) is 9.83. The lowest BCUT2D eigenvalue weighted by atomic mass is 10.1. The molecule has 0 bridgehead atoms. The summed E-state index contributed by atoms with van der Waals surface area (Å²) in [4.78, 5) is 0.541. The average Bonchev–Trinajstić information content (AvgIpc) is 2.68. The van der Waals surface area contributed by atoms with Gasteiger partial charge in [0.15, 0.2) is 0 Å². The Balaban J connectivity index is 2.30. The van der Waals surface area contributed by atoms with Crippen molar-refractivity contribution < 1.29 is 18.3 Å². The smallest absolute Gasteiger partial charge is 0.383 e. The first kappa shape index (κ1) is 14.4. The van der Waals surface area contributed by atoms with E-state index >= 15 is 0 Å². The molecular formula is C13H10ClF3OS. The Morgan fingerprint density at radius 3 is 2.21 bits per heavy atom. The highest BCUT2D eigenvalue weighted by atomic mass is 35.5. The van der Waals surface area contributed by atoms with Crippen molar-refractivity contribution in [3.8, 4) is 0 Å². The highest BCUT2D eigenvalue weighted by Gasteiger charge is 2.30. The predicted molar refractivity (Wildman–Crippen MR) is 69.6 cm³/mol. The first-order chi connectivity index (χ1) is 8.80. The van der Waals surface area contributed by atoms with Gasteiger partial charge in [-0.15, -0.1) is 11.3 Å². The van der Waals surface area contributed by atoms with E-state index in [-0.39, 0.29) is 0 Å². The lowest BCUT2D eigenvalue weighted by Crippen LogP contribution is -2.05. The number of hydrogen-bond donors (Lipinski definition) is 1. The maximum Gasteiger partial charge on any atom is 0.416 e. The number of hydrogen-bond acceptors (Lipinski definition) is 2. The maximum absolute atomic E-state index is 12.4. The lowest BCUT2D eigenvalue weighted by Gasteiger charge is -2.12. The second-order valence-electron chi connectivity index (χ2n) is 4.12. The summed E-state index contributed by atoms with van der Waals surface area (Å²) in [5.41, 5.74) is 0.487. The van der Waals surface area contributed by atoms with Crippen molar-refractivity contribution >= 4 is 22.9 Å². The normalized spacial score (nSPS) is 13.6. The third-order valence-corrected chi connectivity index (χ3v) is 4.49. The molecule has 0 fully saturated rings. The van der Waals surface area contributed by atoms with Crippen LogP contribution < -0.4 is 0 Å². The van der Waals surface area contributed by atoms with Crippen LogP contribution in [0.4, 0.5) is 13.2 Å². The van der Waals surface area contributed by atoms with Gasteiger partial charge in [-0.05, 0) is 35.6 Å². The highest BCUT2D eigenvalue weighted by Crippen LogP contribution is 2.36. The van der Waals surface area contributed by atoms with E-state index in [2.05, 4.69) is 0 Å². The molecule has 0 spiro atoms. The van der Waals surface area contributed by atoms with Crippen LogP contribution in [0.3, 0.4) is 0 Å². The van der Waals surface area contributed by atoms with Crippen molar-refractivity contribution in [3.05, 3.63) is 56.2 Å². The van der Waals surface area contributed by atoms with Gasteiger partial charge in [-0.25, -0.2) is 0 Å². The molecule has 2 aromatic rings. The highest BCUT2D eigenvalue weighted by molar-refractivity contribution is 7.10. The standard InChI is InChI=1S/C13H10ClF3OS/c1-7-6-19-12(10(7)14)11(18)8-2-4-9(5-3-8)13(15,16)17/h2-6,11,18H,1H3. The van der Waals surface area contributed by atoms with E-state index in [0.29, 0.717) is 15.5 Å². The summed E-state index contributed by atoms with van der Waals surface area (Å²) >= 11 is 7.31. The molecule has 1 aromatic heterocycles. The molecule has 0 saturated carbocycles. The van der Waals surface area contributed by atoms with E-state index in [4.69, 9.17) is 11.6 Å². The Morgan fingerprint density at radius 2 is 1.79 bits per heavy atom. The van der Waals surface area contributed by atoms with Crippen molar-refractivity contribution in [2.24, 2.45) is 0 Å². The molecule has 19 heavy (non-hydrogen) atoms. The van der Waals surface area contributed by atoms with Crippen LogP contribution >= 0.6 is 22.9 Å². The number of rotatable bonds is 2. The zero-order chi connectivity index (χ0) is 14.2. The number of aryl methyl sites for hydroxylation is 1. The van der Waals surface area contributed by atoms with Crippen LogP contribution in [-0.2, 0) is 6.18 Å². The third-order valence-electron chi connectivity index (χ3n) is 2.73. The SMILES string of the molecule is Cc1csc(C(O)c2ccc(C(F)(F)F)cc2)c1Cl. The molecule has 1 atom stereocenters. The molecule has 2 rings (SSSR count). The maximum atomic E-state index is 12.4. The van der Waals surface area contributed by atoms with Gasteiger partial charge in [0.2, 0.25) is 0 Å². The van der Waals surface area contributed by atoms with E-state index < -0.39 is 17.8 Å². The van der Waals surface area contributed by atoms with Crippen LogP contribution in [0, 0.1) is 6.92 Å². The number of benzene rings is 1. The van der Waals surface area contributed by atoms with Crippen LogP contribution in [0.1, 0.15) is 27.7 Å². The van der Waals surface area contributed by atoms with E-state index in [9.17, 15) is 18.3 Å². The van der Waals surface area contributed by atoms with Gasteiger partial charge in [-0.3, -0.25) is 0 Å². The minimum atomic E-state index is -4.37. The summed E-state index contributed by atoms with van der Waals surface area (Å²) in [6.07, 6.45) is -5.38. The van der Waals surface area contributed by atoms with Crippen molar-refractivity contribution in [1.82, 2.24) is 0 Å². The summed E-state index contributed by atoms with van der Waals surface area (Å²) in [5, 5.41) is 12.4. The van der Waals surface area contributed by atoms with E-state index in [1.807, 2.05) is 6.92 Å². The van der Waals surface area contributed by atoms with Crippen LogP contribution in [-0.4, -0.2) is 5.11 Å². The molecule has 0 amide bonds. The Hall–Kier alpha value is -1.04. The first-order valence-corrected chi connectivity index (χ1v) is 6.65. The Bertz CT molecular complexity index is 575. The molecule has 6 heteroatoms. The molecule has 1 N–H and O–H groups in total. The Labute approximate surface area is 117 Å². The minimum Gasteiger partial charge on any atom is -0.383 e. The van der Waals surface area contributed by atoms with E-state index in [0.717, 1.165) is 17.7 Å². The topological polar surface area (TPSA) is 20.2 Å². The van der Waals surface area contributed by atoms with E-state index in [1.165, 1.54) is 23.5 Å². The largest absolute Gasteiger partial charge is 0.416 e. The molecule has 1 nitrogen and oxygen atoms in total. The van der Waals surface area contributed by atoms with Gasteiger partial charge < -0.3 is 5.11 Å². The molecule has 0 saturated heterocycles. The van der Waals surface area contributed by atoms with Crippen LogP contribution in [0.2, 0.25) is 5.02 Å². The molecule has 0 aliphatic carbocycles. The fraction of sp³-hybridized carbons (Fsp3) is 0.231. The van der Waals surface area contributed by atoms with Gasteiger partial charge in [0, 0.05) is 0 Å². The van der Waals surface area contributed by atoms with Crippen LogP contribution in [0.5, 0.6) is 0 Å². The lowest BCUT2D eigenvalue weighted by molar-refractivity contribution is -0.137. The number of aliphatic hydroxyl groups excluding tert-OH is 1. The van der Waals surface area contributed by atoms with E-state index in [1.54, 1.807) is 5.38 Å². The van der Waals surface area contributed by atoms with Gasteiger partial charge in [-0.1, -0.05) is 23.7 Å². The second-order valence-corrected chi connectivity index (χ2v) is 5.41. The fourth-order valence-corrected chi connectivity index (χ4v) is 2.95. The van der Waals surface area contributed by atoms with Crippen LogP contribution in [0.15, 0.2) is 29.6 Å². The van der Waals surface area contributed by atoms with Gasteiger partial charge in [0.1, 0.15) is 6.10 Å². The summed E-state index contributed by atoms with van der Waals surface area (Å²) in [6, 6.07) is 4.43. The summed E-state index contributed by atoms with van der Waals surface area (Å²) in [6.45, 7) is 1.81. The first-order valence-electron chi connectivity index (χ1n) is 5.39. The summed E-state index contributed by atoms with van der Waals surface area (Å²) < 4.78 is 37.3. The quantitative estimate of drug-likeness (QED) is 0.844. The number of aliphatic hydroxyl groups is 1. The zero-order valence-corrected chi connectivity index (χ0v) is 11.4. The van der Waals surface area contributed by atoms with Crippen LogP contribution in [0.25, 0.3) is 0 Å². The van der Waals surface area contributed by atoms with Crippen molar-refractivity contribution in [1.29, 1.82) is 0 Å². The third kappa shape index (κ3) is 2.94. The van der Waals surface area contributed by atoms with Crippen molar-refractivity contribution in [3.63, 3.8) is 0 Å². The predicted octanol–water partition coefficient (Wildman–Crippen LogP) is 4.81. The van der Waals surface area contributed by atoms with Crippen molar-refractivity contribution in [2.45, 2.75) is 19.2 Å². The number of thiophene rings is 1. The fourth-order valence-electron chi connectivity index (χ4n) is 1.64. The average molecular weight is 307 g/mol. The molecule has 1 aromatic carbocycles. The summed E-state index contributed by atoms with van der Waals surface area (Å²) in [7, 11) is 0. The molecule has 0 radical (unpaired) electrons. The second kappa shape index (κ2) is 5.15. The molecular weight excluding hydrogens is 297 g/mol. The molecule has 102 valence electrons. The molecule has 1 unspecified atom stereocenters. The number of halogens is 4. The molecule has 0 aliphatic rings. The van der Waals surface area contributed by atoms with Gasteiger partial charge in [0.25, 0.3) is 0 Å². The molecule has 0 aliphatic heterocycles. The van der Waals surface area contributed by atoms with Gasteiger partial charge in [-0.2, -0.15) is 13.2 Å². The monoisotopic (exact) mass is 306 g/mol. The number of alkyl halides is 3. The Morgan fingerprint density at radius 1 is 1.21 bits per heavy atom. The minimum absolute atomic E-state index is 0.386. The van der Waals surface area contributed by atoms with Crippen molar-refractivity contribution in [2.75, 3.05) is 0 Å². The van der Waals surface area contributed by atoms with Gasteiger partial charge >= 0.3 is 6.18 Å².